The molecule has 23 heavy (non-hydrogen) atoms. The first kappa shape index (κ1) is 17.2. The van der Waals surface area contributed by atoms with Crippen LogP contribution in [0.5, 0.6) is 0 Å². The Bertz CT molecular complexity index is 475. The molecular weight excluding hydrogens is 364 g/mol. The topological polar surface area (TPSA) is 89.9 Å². The maximum Gasteiger partial charge on any atom is 0.320 e. The van der Waals surface area contributed by atoms with Gasteiger partial charge in [-0.25, -0.2) is 0 Å². The minimum Gasteiger partial charge on any atom is -0.480 e. The molecule has 1 saturated carbocycles. The third-order valence-corrected chi connectivity index (χ3v) is 6.50. The highest BCUT2D eigenvalue weighted by Gasteiger charge is 2.41. The van der Waals surface area contributed by atoms with Gasteiger partial charge in [0.1, 0.15) is 12.1 Å². The van der Waals surface area contributed by atoms with Crippen LogP contribution in [0.3, 0.4) is 0 Å². The summed E-state index contributed by atoms with van der Waals surface area (Å²) in [6.45, 7) is 2.42. The molecule has 5 unspecified atom stereocenters. The van der Waals surface area contributed by atoms with Gasteiger partial charge in [0.2, 0.25) is 0 Å². The van der Waals surface area contributed by atoms with Crippen molar-refractivity contribution in [3.63, 3.8) is 0 Å². The Balaban J connectivity index is 1.57. The molecule has 7 heteroatoms. The molecule has 2 aliphatic heterocycles. The predicted octanol–water partition coefficient (Wildman–Crippen LogP) is 1.39. The van der Waals surface area contributed by atoms with Gasteiger partial charge in [0.15, 0.2) is 0 Å². The van der Waals surface area contributed by atoms with Crippen molar-refractivity contribution in [3.05, 3.63) is 0 Å². The Morgan fingerprint density at radius 3 is 2.57 bits per heavy atom. The predicted molar refractivity (Wildman–Crippen MR) is 88.7 cm³/mol. The first-order valence-electron chi connectivity index (χ1n) is 8.51. The molecule has 6 atom stereocenters. The first-order valence-corrected chi connectivity index (χ1v) is 9.42. The van der Waals surface area contributed by atoms with E-state index < -0.39 is 18.0 Å². The molecule has 2 saturated heterocycles. The number of carboxylic acids is 2. The summed E-state index contributed by atoms with van der Waals surface area (Å²) in [6, 6.07) is -0.794. The Labute approximate surface area is 144 Å². The highest BCUT2D eigenvalue weighted by molar-refractivity contribution is 9.09. The third-order valence-electron chi connectivity index (χ3n) is 5.84. The van der Waals surface area contributed by atoms with Gasteiger partial charge in [-0.15, -0.1) is 0 Å². The number of likely N-dealkylation sites (tertiary alicyclic amines) is 1. The minimum absolute atomic E-state index is 0.259. The minimum atomic E-state index is -0.752. The second-order valence-corrected chi connectivity index (χ2v) is 8.67. The van der Waals surface area contributed by atoms with Crippen LogP contribution in [0.25, 0.3) is 0 Å². The maximum absolute atomic E-state index is 11.4. The highest BCUT2D eigenvalue weighted by Crippen LogP contribution is 2.39. The number of hydrogen-bond donors (Lipinski definition) is 3. The molecule has 1 aliphatic carbocycles. The zero-order valence-electron chi connectivity index (χ0n) is 13.2. The van der Waals surface area contributed by atoms with E-state index in [4.69, 9.17) is 0 Å². The van der Waals surface area contributed by atoms with E-state index in [1.54, 1.807) is 0 Å². The normalized spacial score (nSPS) is 41.4. The maximum atomic E-state index is 11.4. The van der Waals surface area contributed by atoms with Gasteiger partial charge in [0.05, 0.1) is 0 Å². The van der Waals surface area contributed by atoms with E-state index >= 15 is 0 Å². The number of alkyl halides is 1. The fraction of sp³-hybridized carbons (Fsp3) is 0.875. The number of hydrogen-bond acceptors (Lipinski definition) is 4. The van der Waals surface area contributed by atoms with Gasteiger partial charge in [-0.1, -0.05) is 15.9 Å². The summed E-state index contributed by atoms with van der Waals surface area (Å²) in [5, 5.41) is 21.7. The van der Waals surface area contributed by atoms with Crippen LogP contribution >= 0.6 is 15.9 Å². The molecule has 0 aromatic carbocycles. The lowest BCUT2D eigenvalue weighted by Gasteiger charge is -2.42. The van der Waals surface area contributed by atoms with Gasteiger partial charge in [-0.2, -0.15) is 0 Å². The van der Waals surface area contributed by atoms with Crippen molar-refractivity contribution in [2.45, 2.75) is 49.0 Å². The molecule has 2 heterocycles. The van der Waals surface area contributed by atoms with Gasteiger partial charge in [0, 0.05) is 17.9 Å². The van der Waals surface area contributed by atoms with Crippen molar-refractivity contribution < 1.29 is 19.8 Å². The summed E-state index contributed by atoms with van der Waals surface area (Å²) in [5.74, 6) is 0.0523. The van der Waals surface area contributed by atoms with Crippen LogP contribution < -0.4 is 5.32 Å². The van der Waals surface area contributed by atoms with Gasteiger partial charge >= 0.3 is 11.9 Å². The number of rotatable bonds is 4. The molecule has 0 spiro atoms. The van der Waals surface area contributed by atoms with Crippen LogP contribution in [0.15, 0.2) is 0 Å². The van der Waals surface area contributed by atoms with Crippen LogP contribution in [0.1, 0.15) is 32.1 Å². The Morgan fingerprint density at radius 2 is 1.87 bits per heavy atom. The van der Waals surface area contributed by atoms with Crippen molar-refractivity contribution in [2.75, 3.05) is 19.6 Å². The van der Waals surface area contributed by atoms with Crippen LogP contribution in [0.2, 0.25) is 0 Å². The van der Waals surface area contributed by atoms with Crippen molar-refractivity contribution in [3.8, 4) is 0 Å². The van der Waals surface area contributed by atoms with Crippen molar-refractivity contribution in [2.24, 2.45) is 17.8 Å². The molecule has 0 aromatic rings. The lowest BCUT2D eigenvalue weighted by Crippen LogP contribution is -2.50. The highest BCUT2D eigenvalue weighted by atomic mass is 79.9. The molecule has 0 amide bonds. The average molecular weight is 389 g/mol. The molecule has 130 valence electrons. The van der Waals surface area contributed by atoms with Gasteiger partial charge in [-0.3, -0.25) is 14.5 Å². The molecule has 3 aliphatic rings. The standard InChI is InChI=1S/C16H25BrN2O4/c17-12-5-14(16(22)23)19(8-12)7-9-1-2-10-6-18-13(15(20)21)4-11(10)3-9/h9-14,18H,1-8H2,(H,20,21)(H,22,23)/t9?,10?,11?,12-,13?,14?/m0/s1. The number of carboxylic acid groups (broad SMARTS) is 2. The summed E-state index contributed by atoms with van der Waals surface area (Å²) < 4.78 is 0. The molecule has 0 radical (unpaired) electrons. The Morgan fingerprint density at radius 1 is 1.09 bits per heavy atom. The van der Waals surface area contributed by atoms with E-state index in [0.717, 1.165) is 38.9 Å². The van der Waals surface area contributed by atoms with Crippen LogP contribution in [0.4, 0.5) is 0 Å². The van der Waals surface area contributed by atoms with E-state index in [9.17, 15) is 19.8 Å². The number of fused-ring (bicyclic) bond motifs is 1. The fourth-order valence-corrected chi connectivity index (χ4v) is 5.38. The number of halogens is 1. The quantitative estimate of drug-likeness (QED) is 0.630. The molecule has 0 aromatic heterocycles. The summed E-state index contributed by atoms with van der Waals surface area (Å²) in [5.41, 5.74) is 0. The van der Waals surface area contributed by atoms with E-state index in [1.807, 2.05) is 0 Å². The number of nitrogens with one attached hydrogen (secondary N) is 1. The van der Waals surface area contributed by atoms with Crippen molar-refractivity contribution in [1.29, 1.82) is 0 Å². The molecule has 3 N–H and O–H groups in total. The summed E-state index contributed by atoms with van der Waals surface area (Å²) in [4.78, 5) is 25.0. The van der Waals surface area contributed by atoms with E-state index in [2.05, 4.69) is 26.1 Å². The van der Waals surface area contributed by atoms with Crippen LogP contribution in [-0.4, -0.2) is 63.6 Å². The van der Waals surface area contributed by atoms with Crippen molar-refractivity contribution >= 4 is 27.9 Å². The Hall–Kier alpha value is -0.660. The number of aliphatic carboxylic acids is 2. The molecule has 0 bridgehead atoms. The zero-order chi connectivity index (χ0) is 16.6. The van der Waals surface area contributed by atoms with E-state index in [-0.39, 0.29) is 10.9 Å². The van der Waals surface area contributed by atoms with Crippen LogP contribution in [0, 0.1) is 17.8 Å². The van der Waals surface area contributed by atoms with Crippen molar-refractivity contribution in [1.82, 2.24) is 10.2 Å². The summed E-state index contributed by atoms with van der Waals surface area (Å²) >= 11 is 3.55. The van der Waals surface area contributed by atoms with E-state index in [1.165, 1.54) is 0 Å². The smallest absolute Gasteiger partial charge is 0.320 e. The molecule has 6 nitrogen and oxygen atoms in total. The molecule has 3 fully saturated rings. The summed E-state index contributed by atoms with van der Waals surface area (Å²) in [7, 11) is 0. The lowest BCUT2D eigenvalue weighted by atomic mass is 9.69. The fourth-order valence-electron chi connectivity index (χ4n) is 4.65. The van der Waals surface area contributed by atoms with Gasteiger partial charge in [0.25, 0.3) is 0 Å². The SMILES string of the molecule is O=C(O)C1CC2CC(CN3C[C@@H](Br)CC3C(=O)O)CCC2CN1. The molecule has 3 rings (SSSR count). The number of carbonyl (C=O) groups is 2. The van der Waals surface area contributed by atoms with Crippen LogP contribution in [-0.2, 0) is 9.59 Å². The Kier molecular flexibility index (Phi) is 5.28. The second kappa shape index (κ2) is 7.07. The lowest BCUT2D eigenvalue weighted by molar-refractivity contribution is -0.143. The molecular formula is C16H25BrN2O4. The monoisotopic (exact) mass is 388 g/mol. The number of nitrogens with zero attached hydrogens (tertiary/aromatic N) is 1. The third kappa shape index (κ3) is 3.88. The first-order chi connectivity index (χ1) is 10.9. The zero-order valence-corrected chi connectivity index (χ0v) is 14.7. The van der Waals surface area contributed by atoms with E-state index in [0.29, 0.717) is 30.6 Å². The second-order valence-electron chi connectivity index (χ2n) is 7.37. The summed E-state index contributed by atoms with van der Waals surface area (Å²) in [6.07, 6.45) is 4.65. The van der Waals surface area contributed by atoms with Gasteiger partial charge in [-0.05, 0) is 56.4 Å². The largest absolute Gasteiger partial charge is 0.480 e. The average Bonchev–Trinajstić information content (AvgIpc) is 2.87. The van der Waals surface area contributed by atoms with Gasteiger partial charge < -0.3 is 15.5 Å². The number of piperidine rings is 1.